The van der Waals surface area contributed by atoms with Gasteiger partial charge in [-0.15, -0.1) is 0 Å². The highest BCUT2D eigenvalue weighted by Crippen LogP contribution is 2.38. The van der Waals surface area contributed by atoms with Gasteiger partial charge in [0.05, 0.1) is 12.7 Å². The molecule has 0 fully saturated rings. The molecule has 0 spiro atoms. The molecule has 1 aromatic heterocycles. The second-order valence-corrected chi connectivity index (χ2v) is 4.22. The predicted octanol–water partition coefficient (Wildman–Crippen LogP) is 3.20. The van der Waals surface area contributed by atoms with E-state index >= 15 is 0 Å². The monoisotopic (exact) mass is 252 g/mol. The molecular weight excluding hydrogens is 240 g/mol. The third-order valence-corrected chi connectivity index (χ3v) is 3.04. The molecule has 0 aliphatic heterocycles. The highest BCUT2D eigenvalue weighted by Gasteiger charge is 2.17. The lowest BCUT2D eigenvalue weighted by Gasteiger charge is -2.09. The number of anilines is 1. The van der Waals surface area contributed by atoms with E-state index in [1.807, 2.05) is 13.0 Å². The van der Waals surface area contributed by atoms with Gasteiger partial charge in [-0.1, -0.05) is 16.8 Å². The van der Waals surface area contributed by atoms with Crippen molar-refractivity contribution >= 4 is 17.3 Å². The average molecular weight is 253 g/mol. The van der Waals surface area contributed by atoms with E-state index in [1.54, 1.807) is 20.1 Å². The molecule has 1 aromatic carbocycles. The van der Waals surface area contributed by atoms with Gasteiger partial charge in [0.15, 0.2) is 5.76 Å². The van der Waals surface area contributed by atoms with Crippen molar-refractivity contribution in [1.29, 1.82) is 0 Å². The minimum atomic E-state index is 0.487. The summed E-state index contributed by atoms with van der Waals surface area (Å²) in [5.74, 6) is 1.15. The summed E-state index contributed by atoms with van der Waals surface area (Å²) in [5, 5.41) is 4.45. The van der Waals surface area contributed by atoms with Gasteiger partial charge in [-0.2, -0.15) is 0 Å². The number of methoxy groups -OCH3 is 1. The zero-order valence-electron chi connectivity index (χ0n) is 9.87. The number of nitrogens with two attached hydrogens (primary N) is 1. The minimum Gasteiger partial charge on any atom is -0.496 e. The van der Waals surface area contributed by atoms with E-state index in [0.29, 0.717) is 33.5 Å². The van der Waals surface area contributed by atoms with Crippen molar-refractivity contribution in [3.05, 3.63) is 28.4 Å². The van der Waals surface area contributed by atoms with Gasteiger partial charge in [0.2, 0.25) is 0 Å². The molecule has 2 aromatic rings. The summed E-state index contributed by atoms with van der Waals surface area (Å²) in [6.07, 6.45) is 0. The fourth-order valence-electron chi connectivity index (χ4n) is 1.57. The van der Waals surface area contributed by atoms with Crippen LogP contribution in [0.25, 0.3) is 11.3 Å². The van der Waals surface area contributed by atoms with Crippen molar-refractivity contribution in [1.82, 2.24) is 5.16 Å². The maximum Gasteiger partial charge on any atom is 0.193 e. The van der Waals surface area contributed by atoms with E-state index in [4.69, 9.17) is 26.6 Å². The van der Waals surface area contributed by atoms with Crippen LogP contribution >= 0.6 is 11.6 Å². The molecule has 2 N–H and O–H groups in total. The largest absolute Gasteiger partial charge is 0.496 e. The first-order chi connectivity index (χ1) is 8.04. The maximum absolute atomic E-state index is 6.09. The Morgan fingerprint density at radius 3 is 2.59 bits per heavy atom. The predicted molar refractivity (Wildman–Crippen MR) is 67.4 cm³/mol. The number of rotatable bonds is 2. The van der Waals surface area contributed by atoms with E-state index in [9.17, 15) is 0 Å². The topological polar surface area (TPSA) is 61.3 Å². The summed E-state index contributed by atoms with van der Waals surface area (Å²) in [6, 6.07) is 3.61. The fraction of sp³-hybridized carbons (Fsp3) is 0.250. The zero-order valence-corrected chi connectivity index (χ0v) is 10.6. The van der Waals surface area contributed by atoms with Crippen LogP contribution in [0.5, 0.6) is 5.75 Å². The standard InChI is InChI=1S/C12H13ClN2O2/c1-6-4-10(16-3)8(5-9(6)13)12-11(14)7(2)15-17-12/h4-5H,14H2,1-3H3. The molecule has 90 valence electrons. The maximum atomic E-state index is 6.09. The SMILES string of the molecule is COc1cc(C)c(Cl)cc1-c1onc(C)c1N. The van der Waals surface area contributed by atoms with E-state index in [2.05, 4.69) is 5.16 Å². The number of aromatic nitrogens is 1. The number of hydrogen-bond acceptors (Lipinski definition) is 4. The minimum absolute atomic E-state index is 0.487. The third-order valence-electron chi connectivity index (χ3n) is 2.63. The molecule has 0 aliphatic carbocycles. The summed E-state index contributed by atoms with van der Waals surface area (Å²) in [7, 11) is 1.59. The summed E-state index contributed by atoms with van der Waals surface area (Å²) in [5.41, 5.74) is 8.69. The van der Waals surface area contributed by atoms with E-state index in [-0.39, 0.29) is 0 Å². The van der Waals surface area contributed by atoms with Crippen LogP contribution in [-0.2, 0) is 0 Å². The molecule has 0 amide bonds. The summed E-state index contributed by atoms with van der Waals surface area (Å²) in [6.45, 7) is 3.69. The molecule has 0 saturated heterocycles. The third kappa shape index (κ3) is 1.96. The molecule has 0 unspecified atom stereocenters. The van der Waals surface area contributed by atoms with Gasteiger partial charge in [-0.05, 0) is 31.5 Å². The summed E-state index contributed by atoms with van der Waals surface area (Å²) < 4.78 is 10.5. The Morgan fingerprint density at radius 1 is 1.35 bits per heavy atom. The Labute approximate surface area is 104 Å². The first kappa shape index (κ1) is 11.8. The first-order valence-corrected chi connectivity index (χ1v) is 5.48. The molecule has 0 atom stereocenters. The van der Waals surface area contributed by atoms with Crippen molar-refractivity contribution in [2.24, 2.45) is 0 Å². The van der Waals surface area contributed by atoms with Crippen molar-refractivity contribution in [3.8, 4) is 17.1 Å². The number of aryl methyl sites for hydroxylation is 2. The van der Waals surface area contributed by atoms with Gasteiger partial charge in [0.25, 0.3) is 0 Å². The second kappa shape index (κ2) is 4.30. The number of nitrogens with zero attached hydrogens (tertiary/aromatic N) is 1. The van der Waals surface area contributed by atoms with Crippen LogP contribution in [0.2, 0.25) is 5.02 Å². The van der Waals surface area contributed by atoms with Crippen LogP contribution in [0.4, 0.5) is 5.69 Å². The summed E-state index contributed by atoms with van der Waals surface area (Å²) >= 11 is 6.09. The molecule has 2 rings (SSSR count). The molecule has 1 heterocycles. The average Bonchev–Trinajstić information content (AvgIpc) is 2.63. The Balaban J connectivity index is 2.66. The van der Waals surface area contributed by atoms with Crippen LogP contribution < -0.4 is 10.5 Å². The molecule has 0 bridgehead atoms. The molecule has 5 heteroatoms. The number of halogens is 1. The van der Waals surface area contributed by atoms with Gasteiger partial charge in [0, 0.05) is 5.02 Å². The number of benzene rings is 1. The lowest BCUT2D eigenvalue weighted by atomic mass is 10.1. The Hall–Kier alpha value is -1.68. The van der Waals surface area contributed by atoms with E-state index < -0.39 is 0 Å². The number of ether oxygens (including phenoxy) is 1. The van der Waals surface area contributed by atoms with Crippen molar-refractivity contribution in [2.75, 3.05) is 12.8 Å². The molecule has 0 radical (unpaired) electrons. The van der Waals surface area contributed by atoms with Gasteiger partial charge in [-0.25, -0.2) is 0 Å². The highest BCUT2D eigenvalue weighted by molar-refractivity contribution is 6.31. The highest BCUT2D eigenvalue weighted by atomic mass is 35.5. The van der Waals surface area contributed by atoms with Crippen molar-refractivity contribution in [3.63, 3.8) is 0 Å². The number of hydrogen-bond donors (Lipinski definition) is 1. The molecule has 0 saturated carbocycles. The van der Waals surface area contributed by atoms with Crippen LogP contribution in [-0.4, -0.2) is 12.3 Å². The Kier molecular flexibility index (Phi) is 2.98. The van der Waals surface area contributed by atoms with Crippen LogP contribution in [0, 0.1) is 13.8 Å². The van der Waals surface area contributed by atoms with Gasteiger partial charge >= 0.3 is 0 Å². The normalized spacial score (nSPS) is 10.6. The smallest absolute Gasteiger partial charge is 0.193 e. The van der Waals surface area contributed by atoms with Gasteiger partial charge < -0.3 is 15.0 Å². The first-order valence-electron chi connectivity index (χ1n) is 5.11. The zero-order chi connectivity index (χ0) is 12.6. The lowest BCUT2D eigenvalue weighted by molar-refractivity contribution is 0.404. The van der Waals surface area contributed by atoms with Gasteiger partial charge in [-0.3, -0.25) is 0 Å². The Morgan fingerprint density at radius 2 is 2.06 bits per heavy atom. The van der Waals surface area contributed by atoms with E-state index in [1.165, 1.54) is 0 Å². The van der Waals surface area contributed by atoms with Gasteiger partial charge in [0.1, 0.15) is 17.1 Å². The van der Waals surface area contributed by atoms with Crippen LogP contribution in [0.15, 0.2) is 16.7 Å². The summed E-state index contributed by atoms with van der Waals surface area (Å²) in [4.78, 5) is 0. The van der Waals surface area contributed by atoms with Crippen LogP contribution in [0.1, 0.15) is 11.3 Å². The molecule has 0 aliphatic rings. The van der Waals surface area contributed by atoms with Crippen molar-refractivity contribution < 1.29 is 9.26 Å². The lowest BCUT2D eigenvalue weighted by Crippen LogP contribution is -1.92. The van der Waals surface area contributed by atoms with E-state index in [0.717, 1.165) is 5.56 Å². The second-order valence-electron chi connectivity index (χ2n) is 3.81. The fourth-order valence-corrected chi connectivity index (χ4v) is 1.74. The van der Waals surface area contributed by atoms with Crippen LogP contribution in [0.3, 0.4) is 0 Å². The molecular formula is C12H13ClN2O2. The quantitative estimate of drug-likeness (QED) is 0.892. The molecule has 4 nitrogen and oxygen atoms in total. The molecule has 17 heavy (non-hydrogen) atoms. The van der Waals surface area contributed by atoms with Crippen molar-refractivity contribution in [2.45, 2.75) is 13.8 Å². The Bertz CT molecular complexity index is 564. The number of nitrogen functional groups attached to an aromatic ring is 1.